The zero-order valence-electron chi connectivity index (χ0n) is 17.0. The van der Waals surface area contributed by atoms with Gasteiger partial charge in [-0.15, -0.1) is 0 Å². The lowest BCUT2D eigenvalue weighted by molar-refractivity contribution is -0.112. The third-order valence-corrected chi connectivity index (χ3v) is 5.74. The molecule has 2 aromatic carbocycles. The second kappa shape index (κ2) is 9.02. The normalized spacial score (nSPS) is 14.5. The Kier molecular flexibility index (Phi) is 6.46. The Hall–Kier alpha value is -2.97. The molecule has 0 aliphatic carbocycles. The Balaban J connectivity index is 1.64. The van der Waals surface area contributed by atoms with Crippen molar-refractivity contribution in [3.8, 4) is 6.07 Å². The van der Waals surface area contributed by atoms with E-state index in [4.69, 9.17) is 11.6 Å². The zero-order valence-corrected chi connectivity index (χ0v) is 17.8. The maximum absolute atomic E-state index is 12.5. The summed E-state index contributed by atoms with van der Waals surface area (Å²) < 4.78 is 0. The van der Waals surface area contributed by atoms with Crippen molar-refractivity contribution >= 4 is 28.9 Å². The minimum Gasteiger partial charge on any atom is -0.373 e. The van der Waals surface area contributed by atoms with Crippen molar-refractivity contribution in [1.29, 1.82) is 5.26 Å². The number of hydrogen-bond acceptors (Lipinski definition) is 4. The van der Waals surface area contributed by atoms with Gasteiger partial charge in [0.25, 0.3) is 5.91 Å². The first-order valence-electron chi connectivity index (χ1n) is 9.63. The van der Waals surface area contributed by atoms with E-state index in [1.165, 1.54) is 16.8 Å². The van der Waals surface area contributed by atoms with E-state index < -0.39 is 5.91 Å². The molecule has 1 amide bonds. The maximum Gasteiger partial charge on any atom is 0.267 e. The molecule has 5 nitrogen and oxygen atoms in total. The fourth-order valence-electron chi connectivity index (χ4n) is 3.36. The number of hydrogen-bond donors (Lipinski definition) is 1. The molecule has 0 unspecified atom stereocenters. The van der Waals surface area contributed by atoms with Crippen LogP contribution in [0.1, 0.15) is 16.7 Å². The minimum absolute atomic E-state index is 0.0851. The van der Waals surface area contributed by atoms with E-state index in [2.05, 4.69) is 42.3 Å². The maximum atomic E-state index is 12.5. The third kappa shape index (κ3) is 4.90. The van der Waals surface area contributed by atoms with E-state index in [1.54, 1.807) is 18.3 Å². The summed E-state index contributed by atoms with van der Waals surface area (Å²) in [6.45, 7) is 9.35. The second-order valence-electron chi connectivity index (χ2n) is 7.31. The smallest absolute Gasteiger partial charge is 0.267 e. The van der Waals surface area contributed by atoms with Gasteiger partial charge in [-0.3, -0.25) is 4.79 Å². The van der Waals surface area contributed by atoms with E-state index in [1.807, 2.05) is 24.0 Å². The van der Waals surface area contributed by atoms with E-state index in [-0.39, 0.29) is 5.57 Å². The fraction of sp³-hybridized carbons (Fsp3) is 0.304. The van der Waals surface area contributed by atoms with E-state index in [0.717, 1.165) is 31.7 Å². The Morgan fingerprint density at radius 1 is 1.10 bits per heavy atom. The van der Waals surface area contributed by atoms with Crippen LogP contribution in [0.25, 0.3) is 0 Å². The highest BCUT2D eigenvalue weighted by molar-refractivity contribution is 6.31. The van der Waals surface area contributed by atoms with Gasteiger partial charge >= 0.3 is 0 Å². The van der Waals surface area contributed by atoms with Crippen molar-refractivity contribution in [2.45, 2.75) is 20.8 Å². The van der Waals surface area contributed by atoms with Gasteiger partial charge in [-0.1, -0.05) is 29.8 Å². The molecule has 1 aliphatic rings. The van der Waals surface area contributed by atoms with Gasteiger partial charge in [-0.25, -0.2) is 0 Å². The number of benzene rings is 2. The van der Waals surface area contributed by atoms with Gasteiger partial charge in [-0.05, 0) is 55.7 Å². The fourth-order valence-corrected chi connectivity index (χ4v) is 3.54. The number of halogens is 1. The molecule has 6 heteroatoms. The molecule has 0 aromatic heterocycles. The molecule has 3 rings (SSSR count). The summed E-state index contributed by atoms with van der Waals surface area (Å²) in [4.78, 5) is 16.9. The predicted octanol–water partition coefficient (Wildman–Crippen LogP) is 4.43. The summed E-state index contributed by atoms with van der Waals surface area (Å²) in [6, 6.07) is 13.7. The van der Waals surface area contributed by atoms with Gasteiger partial charge in [-0.2, -0.15) is 5.26 Å². The van der Waals surface area contributed by atoms with Crippen molar-refractivity contribution in [1.82, 2.24) is 4.90 Å². The summed E-state index contributed by atoms with van der Waals surface area (Å²) in [5.74, 6) is -0.427. The number of amides is 1. The van der Waals surface area contributed by atoms with Gasteiger partial charge < -0.3 is 15.1 Å². The van der Waals surface area contributed by atoms with Crippen LogP contribution in [0.3, 0.4) is 0 Å². The summed E-state index contributed by atoms with van der Waals surface area (Å²) in [5.41, 5.74) is 5.42. The Morgan fingerprint density at radius 3 is 2.48 bits per heavy atom. The number of rotatable bonds is 4. The van der Waals surface area contributed by atoms with Gasteiger partial charge in [0.15, 0.2) is 0 Å². The number of carbonyl (C=O) groups excluding carboxylic acids is 1. The number of anilines is 2. The number of nitrogens with one attached hydrogen (secondary N) is 1. The molecular weight excluding hydrogens is 384 g/mol. The summed E-state index contributed by atoms with van der Waals surface area (Å²) in [5, 5.41) is 12.8. The highest BCUT2D eigenvalue weighted by atomic mass is 35.5. The molecule has 1 saturated heterocycles. The number of nitrogens with zero attached hydrogens (tertiary/aromatic N) is 3. The number of aryl methyl sites for hydroxylation is 2. The lowest BCUT2D eigenvalue weighted by atomic mass is 10.1. The van der Waals surface area contributed by atoms with Gasteiger partial charge in [0.2, 0.25) is 0 Å². The number of piperazine rings is 1. The molecule has 2 aromatic rings. The average molecular weight is 409 g/mol. The highest BCUT2D eigenvalue weighted by Gasteiger charge is 2.19. The molecule has 1 aliphatic heterocycles. The van der Waals surface area contributed by atoms with Crippen molar-refractivity contribution in [3.63, 3.8) is 0 Å². The van der Waals surface area contributed by atoms with Crippen LogP contribution in [0.15, 0.2) is 48.2 Å². The Bertz CT molecular complexity index is 985. The molecule has 1 N–H and O–H groups in total. The first kappa shape index (κ1) is 20.8. The first-order valence-corrected chi connectivity index (χ1v) is 10.0. The number of nitriles is 1. The second-order valence-corrected chi connectivity index (χ2v) is 7.72. The van der Waals surface area contributed by atoms with Crippen LogP contribution in [0.4, 0.5) is 11.4 Å². The third-order valence-electron chi connectivity index (χ3n) is 5.34. The molecule has 0 saturated carbocycles. The van der Waals surface area contributed by atoms with E-state index >= 15 is 0 Å². The quantitative estimate of drug-likeness (QED) is 0.600. The molecule has 0 spiro atoms. The molecule has 150 valence electrons. The van der Waals surface area contributed by atoms with Crippen molar-refractivity contribution in [2.24, 2.45) is 0 Å². The Morgan fingerprint density at radius 2 is 1.83 bits per heavy atom. The van der Waals surface area contributed by atoms with Crippen LogP contribution in [-0.2, 0) is 4.79 Å². The summed E-state index contributed by atoms with van der Waals surface area (Å²) in [7, 11) is 0. The average Bonchev–Trinajstić information content (AvgIpc) is 2.71. The van der Waals surface area contributed by atoms with Crippen molar-refractivity contribution in [2.75, 3.05) is 36.4 Å². The summed E-state index contributed by atoms with van der Waals surface area (Å²) >= 11 is 6.11. The molecule has 0 bridgehead atoms. The van der Waals surface area contributed by atoms with Gasteiger partial charge in [0.1, 0.15) is 11.6 Å². The van der Waals surface area contributed by atoms with Crippen LogP contribution in [-0.4, -0.2) is 37.0 Å². The van der Waals surface area contributed by atoms with Crippen LogP contribution >= 0.6 is 11.6 Å². The molecule has 0 atom stereocenters. The molecular formula is C23H25ClN4O. The van der Waals surface area contributed by atoms with Gasteiger partial charge in [0, 0.05) is 48.8 Å². The van der Waals surface area contributed by atoms with E-state index in [0.29, 0.717) is 10.7 Å². The largest absolute Gasteiger partial charge is 0.373 e. The molecule has 1 fully saturated rings. The van der Waals surface area contributed by atoms with E-state index in [9.17, 15) is 10.1 Å². The predicted molar refractivity (Wildman–Crippen MR) is 118 cm³/mol. The van der Waals surface area contributed by atoms with Crippen LogP contribution in [0, 0.1) is 32.1 Å². The van der Waals surface area contributed by atoms with Crippen LogP contribution in [0.5, 0.6) is 0 Å². The zero-order chi connectivity index (χ0) is 21.0. The molecule has 29 heavy (non-hydrogen) atoms. The molecule has 0 radical (unpaired) electrons. The monoisotopic (exact) mass is 408 g/mol. The number of carbonyl (C=O) groups is 1. The lowest BCUT2D eigenvalue weighted by Crippen LogP contribution is -2.44. The Labute approximate surface area is 177 Å². The summed E-state index contributed by atoms with van der Waals surface area (Å²) in [6.07, 6.45) is 1.66. The standard InChI is InChI=1S/C23H25ClN4O/c1-16-5-4-6-22(18(16)3)28-11-9-27(10-12-28)15-19(14-25)23(29)26-20-8-7-17(2)21(24)13-20/h4-8,13,15H,9-12H2,1-3H3,(H,26,29)/b19-15-. The molecule has 1 heterocycles. The highest BCUT2D eigenvalue weighted by Crippen LogP contribution is 2.24. The minimum atomic E-state index is -0.427. The van der Waals surface area contributed by atoms with Crippen LogP contribution in [0.2, 0.25) is 5.02 Å². The van der Waals surface area contributed by atoms with Crippen LogP contribution < -0.4 is 10.2 Å². The lowest BCUT2D eigenvalue weighted by Gasteiger charge is -2.36. The van der Waals surface area contributed by atoms with Gasteiger partial charge in [0.05, 0.1) is 0 Å². The topological polar surface area (TPSA) is 59.4 Å². The van der Waals surface area contributed by atoms with Crippen molar-refractivity contribution < 1.29 is 4.79 Å². The van der Waals surface area contributed by atoms with Crippen molar-refractivity contribution in [3.05, 3.63) is 69.9 Å². The SMILES string of the molecule is Cc1ccc(NC(=O)/C(C#N)=C\N2CCN(c3cccc(C)c3C)CC2)cc1Cl. The first-order chi connectivity index (χ1) is 13.9.